The molecule has 0 bridgehead atoms. The average molecular weight is 330 g/mol. The molecule has 22 heavy (non-hydrogen) atoms. The number of ether oxygens (including phenoxy) is 1. The van der Waals surface area contributed by atoms with Gasteiger partial charge in [0, 0.05) is 6.54 Å². The molecule has 4 N–H and O–H groups in total. The van der Waals surface area contributed by atoms with Gasteiger partial charge in [-0.25, -0.2) is 0 Å². The molecule has 0 aliphatic heterocycles. The minimum atomic E-state index is -4.04. The van der Waals surface area contributed by atoms with Crippen LogP contribution in [0.5, 0.6) is 0 Å². The van der Waals surface area contributed by atoms with E-state index in [-0.39, 0.29) is 13.2 Å². The van der Waals surface area contributed by atoms with Crippen molar-refractivity contribution in [3.8, 4) is 0 Å². The van der Waals surface area contributed by atoms with Crippen LogP contribution < -0.4 is 11.1 Å². The number of hydrogen-bond donors (Lipinski definition) is 3. The van der Waals surface area contributed by atoms with Gasteiger partial charge < -0.3 is 15.8 Å². The van der Waals surface area contributed by atoms with Crippen LogP contribution in [0.4, 0.5) is 0 Å². The quantitative estimate of drug-likeness (QED) is 0.555. The topological polar surface area (TPSA) is 119 Å². The minimum absolute atomic E-state index is 0.0629. The van der Waals surface area contributed by atoms with Gasteiger partial charge in [0.2, 0.25) is 5.91 Å². The van der Waals surface area contributed by atoms with Gasteiger partial charge in [-0.1, -0.05) is 37.3 Å². The van der Waals surface area contributed by atoms with Crippen LogP contribution in [0, 0.1) is 5.92 Å². The largest absolute Gasteiger partial charge is 0.375 e. The molecule has 0 spiro atoms. The number of hydrogen-bond acceptors (Lipinski definition) is 5. The molecule has 0 aliphatic carbocycles. The van der Waals surface area contributed by atoms with E-state index >= 15 is 0 Å². The van der Waals surface area contributed by atoms with Gasteiger partial charge in [-0.05, 0) is 11.5 Å². The summed E-state index contributed by atoms with van der Waals surface area (Å²) in [4.78, 5) is 11.7. The highest BCUT2D eigenvalue weighted by Gasteiger charge is 2.17. The minimum Gasteiger partial charge on any atom is -0.375 e. The summed E-state index contributed by atoms with van der Waals surface area (Å²) < 4.78 is 35.5. The second-order valence-electron chi connectivity index (χ2n) is 5.21. The Bertz CT molecular complexity index is 562. The molecule has 2 atom stereocenters. The SMILES string of the molecule is CC(CNC(=O)[C@@H](N)COCc1ccccc1)CS(=O)(=O)O. The monoisotopic (exact) mass is 330 g/mol. The molecule has 0 saturated heterocycles. The van der Waals surface area contributed by atoms with Crippen LogP contribution in [0.1, 0.15) is 12.5 Å². The van der Waals surface area contributed by atoms with Crippen molar-refractivity contribution in [2.45, 2.75) is 19.6 Å². The highest BCUT2D eigenvalue weighted by Crippen LogP contribution is 2.01. The number of rotatable bonds is 9. The highest BCUT2D eigenvalue weighted by atomic mass is 32.2. The number of carbonyl (C=O) groups excluding carboxylic acids is 1. The lowest BCUT2D eigenvalue weighted by Gasteiger charge is -2.15. The Hall–Kier alpha value is -1.48. The second-order valence-corrected chi connectivity index (χ2v) is 6.70. The standard InChI is InChI=1S/C14H22N2O5S/c1-11(10-22(18,19)20)7-16-14(17)13(15)9-21-8-12-5-3-2-4-6-12/h2-6,11,13H,7-10,15H2,1H3,(H,16,17)(H,18,19,20)/t11?,13-/m0/s1. The van der Waals surface area contributed by atoms with Crippen molar-refractivity contribution < 1.29 is 22.5 Å². The molecule has 0 saturated carbocycles. The predicted octanol–water partition coefficient (Wildman–Crippen LogP) is 0.171. The summed E-state index contributed by atoms with van der Waals surface area (Å²) in [5.74, 6) is -1.24. The van der Waals surface area contributed by atoms with Crippen molar-refractivity contribution in [3.05, 3.63) is 35.9 Å². The third kappa shape index (κ3) is 8.08. The van der Waals surface area contributed by atoms with Crippen LogP contribution in [0.15, 0.2) is 30.3 Å². The van der Waals surface area contributed by atoms with E-state index in [2.05, 4.69) is 5.32 Å². The van der Waals surface area contributed by atoms with E-state index in [1.165, 1.54) is 0 Å². The summed E-state index contributed by atoms with van der Waals surface area (Å²) >= 11 is 0. The van der Waals surface area contributed by atoms with Crippen LogP contribution in [0.2, 0.25) is 0 Å². The van der Waals surface area contributed by atoms with Gasteiger partial charge in [-0.2, -0.15) is 8.42 Å². The molecule has 1 aromatic rings. The maximum absolute atomic E-state index is 11.7. The third-order valence-electron chi connectivity index (χ3n) is 2.87. The highest BCUT2D eigenvalue weighted by molar-refractivity contribution is 7.85. The Kier molecular flexibility index (Phi) is 7.46. The number of carbonyl (C=O) groups is 1. The molecule has 124 valence electrons. The Balaban J connectivity index is 2.24. The van der Waals surface area contributed by atoms with Crippen LogP contribution in [0.25, 0.3) is 0 Å². The summed E-state index contributed by atoms with van der Waals surface area (Å²) in [6.07, 6.45) is 0. The number of benzene rings is 1. The summed E-state index contributed by atoms with van der Waals surface area (Å²) in [6.45, 7) is 2.14. The Labute approximate surface area is 130 Å². The van der Waals surface area contributed by atoms with Crippen LogP contribution in [-0.4, -0.2) is 43.8 Å². The van der Waals surface area contributed by atoms with Gasteiger partial charge in [0.15, 0.2) is 0 Å². The summed E-state index contributed by atoms with van der Waals surface area (Å²) in [7, 11) is -4.04. The molecule has 0 radical (unpaired) electrons. The van der Waals surface area contributed by atoms with Crippen LogP contribution in [-0.2, 0) is 26.3 Å². The van der Waals surface area contributed by atoms with E-state index in [0.29, 0.717) is 6.61 Å². The van der Waals surface area contributed by atoms with E-state index in [0.717, 1.165) is 5.56 Å². The molecule has 1 unspecified atom stereocenters. The molecule has 0 fully saturated rings. The number of amides is 1. The fraction of sp³-hybridized carbons (Fsp3) is 0.500. The van der Waals surface area contributed by atoms with Crippen molar-refractivity contribution in [2.24, 2.45) is 11.7 Å². The molecule has 0 aliphatic rings. The Morgan fingerprint density at radius 2 is 2.00 bits per heavy atom. The lowest BCUT2D eigenvalue weighted by atomic mass is 10.2. The summed E-state index contributed by atoms with van der Waals surface area (Å²) in [5.41, 5.74) is 6.67. The van der Waals surface area contributed by atoms with Crippen LogP contribution in [0.3, 0.4) is 0 Å². The van der Waals surface area contributed by atoms with Crippen molar-refractivity contribution in [2.75, 3.05) is 18.9 Å². The van der Waals surface area contributed by atoms with Gasteiger partial charge in [0.1, 0.15) is 6.04 Å². The van der Waals surface area contributed by atoms with Crippen molar-refractivity contribution >= 4 is 16.0 Å². The van der Waals surface area contributed by atoms with Gasteiger partial charge in [-0.15, -0.1) is 0 Å². The average Bonchev–Trinajstić information content (AvgIpc) is 2.44. The first kappa shape index (κ1) is 18.6. The number of nitrogens with two attached hydrogens (primary N) is 1. The van der Waals surface area contributed by atoms with E-state index in [9.17, 15) is 13.2 Å². The van der Waals surface area contributed by atoms with E-state index < -0.39 is 33.7 Å². The van der Waals surface area contributed by atoms with Crippen molar-refractivity contribution in [3.63, 3.8) is 0 Å². The van der Waals surface area contributed by atoms with Gasteiger partial charge in [0.25, 0.3) is 10.1 Å². The van der Waals surface area contributed by atoms with Gasteiger partial charge in [-0.3, -0.25) is 9.35 Å². The molecule has 8 heteroatoms. The lowest BCUT2D eigenvalue weighted by Crippen LogP contribution is -2.45. The zero-order chi connectivity index (χ0) is 16.6. The zero-order valence-electron chi connectivity index (χ0n) is 12.4. The smallest absolute Gasteiger partial charge is 0.265 e. The predicted molar refractivity (Wildman–Crippen MR) is 82.7 cm³/mol. The summed E-state index contributed by atoms with van der Waals surface area (Å²) in [5, 5.41) is 2.53. The fourth-order valence-electron chi connectivity index (χ4n) is 1.78. The molecule has 7 nitrogen and oxygen atoms in total. The molecule has 1 rings (SSSR count). The third-order valence-corrected chi connectivity index (χ3v) is 3.86. The fourth-order valence-corrected chi connectivity index (χ4v) is 2.62. The van der Waals surface area contributed by atoms with E-state index in [1.807, 2.05) is 30.3 Å². The lowest BCUT2D eigenvalue weighted by molar-refractivity contribution is -0.124. The molecular formula is C14H22N2O5S. The molecule has 0 aromatic heterocycles. The summed E-state index contributed by atoms with van der Waals surface area (Å²) in [6, 6.07) is 8.66. The number of nitrogens with one attached hydrogen (secondary N) is 1. The normalized spacial score (nSPS) is 14.3. The first-order valence-corrected chi connectivity index (χ1v) is 8.49. The van der Waals surface area contributed by atoms with E-state index in [1.54, 1.807) is 6.92 Å². The first-order valence-electron chi connectivity index (χ1n) is 6.88. The van der Waals surface area contributed by atoms with Crippen molar-refractivity contribution in [1.29, 1.82) is 0 Å². The molecular weight excluding hydrogens is 308 g/mol. The first-order chi connectivity index (χ1) is 10.3. The maximum Gasteiger partial charge on any atom is 0.265 e. The van der Waals surface area contributed by atoms with Gasteiger partial charge in [0.05, 0.1) is 19.0 Å². The Morgan fingerprint density at radius 3 is 2.59 bits per heavy atom. The maximum atomic E-state index is 11.7. The molecule has 1 aromatic carbocycles. The van der Waals surface area contributed by atoms with Crippen LogP contribution >= 0.6 is 0 Å². The van der Waals surface area contributed by atoms with Gasteiger partial charge >= 0.3 is 0 Å². The molecule has 0 heterocycles. The second kappa shape index (κ2) is 8.84. The molecule has 1 amide bonds. The van der Waals surface area contributed by atoms with E-state index in [4.69, 9.17) is 15.0 Å². The zero-order valence-corrected chi connectivity index (χ0v) is 13.3. The Morgan fingerprint density at radius 1 is 1.36 bits per heavy atom. The van der Waals surface area contributed by atoms with Crippen molar-refractivity contribution in [1.82, 2.24) is 5.32 Å².